The number of nitrogens with one attached hydrogen (secondary N) is 2. The van der Waals surface area contributed by atoms with E-state index in [0.717, 1.165) is 29.8 Å². The lowest BCUT2D eigenvalue weighted by Gasteiger charge is -2.06. The second-order valence-corrected chi connectivity index (χ2v) is 6.07. The first kappa shape index (κ1) is 15.4. The van der Waals surface area contributed by atoms with Gasteiger partial charge in [0.15, 0.2) is 0 Å². The van der Waals surface area contributed by atoms with Crippen molar-refractivity contribution < 1.29 is 9.32 Å². The highest BCUT2D eigenvalue weighted by Gasteiger charge is 2.29. The molecule has 0 atom stereocenters. The number of benzene rings is 2. The third kappa shape index (κ3) is 3.85. The molecule has 1 saturated carbocycles. The van der Waals surface area contributed by atoms with E-state index in [1.807, 2.05) is 54.6 Å². The van der Waals surface area contributed by atoms with Gasteiger partial charge in [0.25, 0.3) is 0 Å². The highest BCUT2D eigenvalue weighted by molar-refractivity contribution is 5.94. The average molecular weight is 334 g/mol. The number of rotatable bonds is 6. The molecular weight excluding hydrogens is 316 g/mol. The summed E-state index contributed by atoms with van der Waals surface area (Å²) in [6.07, 6.45) is 2.00. The summed E-state index contributed by atoms with van der Waals surface area (Å²) in [6, 6.07) is 17.3. The van der Waals surface area contributed by atoms with E-state index in [1.165, 1.54) is 0 Å². The summed E-state index contributed by atoms with van der Waals surface area (Å²) in [5.74, 6) is 1.41. The Hall–Kier alpha value is -3.15. The van der Waals surface area contributed by atoms with E-state index >= 15 is 0 Å². The molecule has 1 fully saturated rings. The Kier molecular flexibility index (Phi) is 4.16. The van der Waals surface area contributed by atoms with Gasteiger partial charge in [0.2, 0.25) is 17.6 Å². The minimum Gasteiger partial charge on any atom is -0.376 e. The third-order valence-corrected chi connectivity index (χ3v) is 4.04. The molecule has 0 saturated heterocycles. The van der Waals surface area contributed by atoms with Gasteiger partial charge in [-0.15, -0.1) is 0 Å². The van der Waals surface area contributed by atoms with Crippen LogP contribution < -0.4 is 10.6 Å². The molecule has 0 bridgehead atoms. The fourth-order valence-electron chi connectivity index (χ4n) is 2.47. The summed E-state index contributed by atoms with van der Waals surface area (Å²) < 4.78 is 5.27. The summed E-state index contributed by atoms with van der Waals surface area (Å²) in [4.78, 5) is 16.1. The minimum absolute atomic E-state index is 0.111. The van der Waals surface area contributed by atoms with Crippen LogP contribution in [-0.4, -0.2) is 16.0 Å². The van der Waals surface area contributed by atoms with Gasteiger partial charge in [-0.3, -0.25) is 4.79 Å². The number of amides is 1. The molecule has 0 radical (unpaired) electrons. The molecule has 1 heterocycles. The standard InChI is InChI=1S/C19H18N4O2/c24-19(14-6-7-14)21-16-10-8-15(9-11-16)20-12-17-22-18(23-25-17)13-4-2-1-3-5-13/h1-5,8-11,14,20H,6-7,12H2,(H,21,24). The first-order valence-electron chi connectivity index (χ1n) is 8.31. The highest BCUT2D eigenvalue weighted by atomic mass is 16.5. The zero-order chi connectivity index (χ0) is 17.1. The SMILES string of the molecule is O=C(Nc1ccc(NCc2nc(-c3ccccc3)no2)cc1)C1CC1. The lowest BCUT2D eigenvalue weighted by molar-refractivity contribution is -0.117. The second-order valence-electron chi connectivity index (χ2n) is 6.07. The molecule has 2 aromatic carbocycles. The van der Waals surface area contributed by atoms with E-state index in [2.05, 4.69) is 20.8 Å². The van der Waals surface area contributed by atoms with Crippen molar-refractivity contribution in [2.75, 3.05) is 10.6 Å². The molecule has 0 aliphatic heterocycles. The zero-order valence-electron chi connectivity index (χ0n) is 13.6. The third-order valence-electron chi connectivity index (χ3n) is 4.04. The molecule has 1 aliphatic carbocycles. The number of anilines is 2. The zero-order valence-corrected chi connectivity index (χ0v) is 13.6. The molecular formula is C19H18N4O2. The van der Waals surface area contributed by atoms with Gasteiger partial charge >= 0.3 is 0 Å². The molecule has 1 amide bonds. The summed E-state index contributed by atoms with van der Waals surface area (Å²) in [7, 11) is 0. The van der Waals surface area contributed by atoms with Gasteiger partial charge in [0.05, 0.1) is 6.54 Å². The molecule has 2 N–H and O–H groups in total. The van der Waals surface area contributed by atoms with Crippen LogP contribution >= 0.6 is 0 Å². The van der Waals surface area contributed by atoms with Crippen LogP contribution in [0.5, 0.6) is 0 Å². The topological polar surface area (TPSA) is 80.0 Å². The Morgan fingerprint density at radius 1 is 1.04 bits per heavy atom. The normalized spacial score (nSPS) is 13.4. The van der Waals surface area contributed by atoms with Crippen LogP contribution in [0.15, 0.2) is 59.1 Å². The van der Waals surface area contributed by atoms with Crippen molar-refractivity contribution in [3.05, 3.63) is 60.5 Å². The fraction of sp³-hybridized carbons (Fsp3) is 0.211. The van der Waals surface area contributed by atoms with E-state index in [0.29, 0.717) is 18.3 Å². The number of carbonyl (C=O) groups is 1. The lowest BCUT2D eigenvalue weighted by atomic mass is 10.2. The van der Waals surface area contributed by atoms with Crippen LogP contribution in [0.1, 0.15) is 18.7 Å². The Labute approximate surface area is 145 Å². The van der Waals surface area contributed by atoms with Gasteiger partial charge < -0.3 is 15.2 Å². The molecule has 6 nitrogen and oxygen atoms in total. The number of carbonyl (C=O) groups excluding carboxylic acids is 1. The van der Waals surface area contributed by atoms with Gasteiger partial charge in [-0.2, -0.15) is 4.98 Å². The fourth-order valence-corrected chi connectivity index (χ4v) is 2.47. The largest absolute Gasteiger partial charge is 0.376 e. The minimum atomic E-state index is 0.111. The van der Waals surface area contributed by atoms with Crippen LogP contribution in [0, 0.1) is 5.92 Å². The van der Waals surface area contributed by atoms with Gasteiger partial charge in [0, 0.05) is 22.9 Å². The van der Waals surface area contributed by atoms with Gasteiger partial charge in [0.1, 0.15) is 0 Å². The Bertz CT molecular complexity index is 855. The van der Waals surface area contributed by atoms with Gasteiger partial charge in [-0.1, -0.05) is 35.5 Å². The first-order valence-corrected chi connectivity index (χ1v) is 8.31. The molecule has 1 aromatic heterocycles. The molecule has 25 heavy (non-hydrogen) atoms. The summed E-state index contributed by atoms with van der Waals surface area (Å²) in [5, 5.41) is 10.1. The van der Waals surface area contributed by atoms with Crippen molar-refractivity contribution in [2.45, 2.75) is 19.4 Å². The van der Waals surface area contributed by atoms with Crippen LogP contribution in [0.2, 0.25) is 0 Å². The Morgan fingerprint density at radius 3 is 2.48 bits per heavy atom. The van der Waals surface area contributed by atoms with E-state index in [4.69, 9.17) is 4.52 Å². The van der Waals surface area contributed by atoms with E-state index < -0.39 is 0 Å². The summed E-state index contributed by atoms with van der Waals surface area (Å²) in [5.41, 5.74) is 2.66. The van der Waals surface area contributed by atoms with E-state index in [1.54, 1.807) is 0 Å². The molecule has 6 heteroatoms. The van der Waals surface area contributed by atoms with Crippen molar-refractivity contribution in [3.63, 3.8) is 0 Å². The van der Waals surface area contributed by atoms with Crippen LogP contribution in [0.4, 0.5) is 11.4 Å². The molecule has 3 aromatic rings. The number of aromatic nitrogens is 2. The van der Waals surface area contributed by atoms with Gasteiger partial charge in [-0.25, -0.2) is 0 Å². The van der Waals surface area contributed by atoms with E-state index in [-0.39, 0.29) is 11.8 Å². The highest BCUT2D eigenvalue weighted by Crippen LogP contribution is 2.30. The Morgan fingerprint density at radius 2 is 1.76 bits per heavy atom. The van der Waals surface area contributed by atoms with Crippen molar-refractivity contribution in [1.82, 2.24) is 10.1 Å². The molecule has 1 aliphatic rings. The maximum atomic E-state index is 11.7. The monoisotopic (exact) mass is 334 g/mol. The van der Waals surface area contributed by atoms with Crippen LogP contribution in [0.25, 0.3) is 11.4 Å². The number of hydrogen-bond donors (Lipinski definition) is 2. The van der Waals surface area contributed by atoms with Crippen molar-refractivity contribution in [1.29, 1.82) is 0 Å². The predicted molar refractivity (Wildman–Crippen MR) is 94.9 cm³/mol. The van der Waals surface area contributed by atoms with Crippen molar-refractivity contribution in [2.24, 2.45) is 5.92 Å². The molecule has 0 unspecified atom stereocenters. The summed E-state index contributed by atoms with van der Waals surface area (Å²) in [6.45, 7) is 0.438. The lowest BCUT2D eigenvalue weighted by Crippen LogP contribution is -2.13. The maximum Gasteiger partial charge on any atom is 0.246 e. The van der Waals surface area contributed by atoms with Crippen molar-refractivity contribution in [3.8, 4) is 11.4 Å². The smallest absolute Gasteiger partial charge is 0.246 e. The predicted octanol–water partition coefficient (Wildman–Crippen LogP) is 3.70. The quantitative estimate of drug-likeness (QED) is 0.718. The summed E-state index contributed by atoms with van der Waals surface area (Å²) >= 11 is 0. The molecule has 0 spiro atoms. The Balaban J connectivity index is 1.33. The van der Waals surface area contributed by atoms with Crippen molar-refractivity contribution >= 4 is 17.3 Å². The second kappa shape index (κ2) is 6.76. The van der Waals surface area contributed by atoms with Gasteiger partial charge in [-0.05, 0) is 37.1 Å². The average Bonchev–Trinajstić information content (AvgIpc) is 3.40. The number of hydrogen-bond acceptors (Lipinski definition) is 5. The van der Waals surface area contributed by atoms with Crippen LogP contribution in [0.3, 0.4) is 0 Å². The first-order chi connectivity index (χ1) is 12.3. The van der Waals surface area contributed by atoms with Crippen LogP contribution in [-0.2, 0) is 11.3 Å². The molecule has 4 rings (SSSR count). The maximum absolute atomic E-state index is 11.7. The molecule has 126 valence electrons. The number of nitrogens with zero attached hydrogens (tertiary/aromatic N) is 2. The van der Waals surface area contributed by atoms with E-state index in [9.17, 15) is 4.79 Å².